The summed E-state index contributed by atoms with van der Waals surface area (Å²) in [6, 6.07) is 12.4. The Balaban J connectivity index is 1.47. The second kappa shape index (κ2) is 9.10. The molecule has 1 aliphatic rings. The number of carbonyl (C=O) groups is 1. The average molecular weight is 414 g/mol. The van der Waals surface area contributed by atoms with Crippen LogP contribution < -0.4 is 5.32 Å². The van der Waals surface area contributed by atoms with Crippen molar-refractivity contribution >= 4 is 5.91 Å². The lowest BCUT2D eigenvalue weighted by atomic mass is 10.1. The smallest absolute Gasteiger partial charge is 0.251 e. The maximum Gasteiger partial charge on any atom is 0.251 e. The standard InChI is InChI=1S/C21H20F2N4O3/c22-16-7-6-15(10-17(16)23)19(20-24-13-30-26-20)25-21(28)18-12-27(8-9-29-18)11-14-4-2-1-3-5-14/h1-7,10,13,18-19H,8-9,11-12H2,(H,25,28). The first-order chi connectivity index (χ1) is 14.6. The van der Waals surface area contributed by atoms with Crippen molar-refractivity contribution in [3.05, 3.63) is 83.5 Å². The third kappa shape index (κ3) is 4.69. The molecule has 1 aromatic heterocycles. The predicted octanol–water partition coefficient (Wildman–Crippen LogP) is 2.45. The molecule has 0 aliphatic carbocycles. The zero-order chi connectivity index (χ0) is 20.9. The van der Waals surface area contributed by atoms with Crippen molar-refractivity contribution in [1.29, 1.82) is 0 Å². The van der Waals surface area contributed by atoms with Crippen molar-refractivity contribution in [3.8, 4) is 0 Å². The van der Waals surface area contributed by atoms with Gasteiger partial charge in [-0.3, -0.25) is 9.69 Å². The normalized spacial score (nSPS) is 18.1. The monoisotopic (exact) mass is 414 g/mol. The fourth-order valence-corrected chi connectivity index (χ4v) is 3.38. The van der Waals surface area contributed by atoms with Crippen LogP contribution >= 0.6 is 0 Å². The minimum atomic E-state index is -1.03. The Kier molecular flexibility index (Phi) is 6.10. The van der Waals surface area contributed by atoms with Crippen LogP contribution in [0, 0.1) is 11.6 Å². The van der Waals surface area contributed by atoms with Gasteiger partial charge in [-0.25, -0.2) is 8.78 Å². The molecule has 1 N–H and O–H groups in total. The summed E-state index contributed by atoms with van der Waals surface area (Å²) in [7, 11) is 0. The van der Waals surface area contributed by atoms with Crippen molar-refractivity contribution < 1.29 is 22.8 Å². The van der Waals surface area contributed by atoms with Crippen LogP contribution in [0.2, 0.25) is 0 Å². The van der Waals surface area contributed by atoms with Crippen LogP contribution in [0.15, 0.2) is 59.4 Å². The highest BCUT2D eigenvalue weighted by molar-refractivity contribution is 5.82. The molecule has 156 valence electrons. The summed E-state index contributed by atoms with van der Waals surface area (Å²) in [5, 5.41) is 6.52. The molecule has 2 heterocycles. The fraction of sp³-hybridized carbons (Fsp3) is 0.286. The Morgan fingerprint density at radius 2 is 2.03 bits per heavy atom. The number of aromatic nitrogens is 2. The van der Waals surface area contributed by atoms with Gasteiger partial charge in [-0.2, -0.15) is 4.98 Å². The van der Waals surface area contributed by atoms with Crippen molar-refractivity contribution in [2.75, 3.05) is 19.7 Å². The minimum absolute atomic E-state index is 0.131. The Morgan fingerprint density at radius 1 is 1.20 bits per heavy atom. The first-order valence-electron chi connectivity index (χ1n) is 9.49. The van der Waals surface area contributed by atoms with Gasteiger partial charge in [0.15, 0.2) is 17.5 Å². The third-order valence-corrected chi connectivity index (χ3v) is 4.89. The van der Waals surface area contributed by atoms with E-state index in [-0.39, 0.29) is 5.82 Å². The van der Waals surface area contributed by atoms with Gasteiger partial charge in [0.25, 0.3) is 5.91 Å². The Hall–Kier alpha value is -3.17. The molecule has 1 saturated heterocycles. The van der Waals surface area contributed by atoms with Crippen LogP contribution in [0.5, 0.6) is 0 Å². The Labute approximate surface area is 171 Å². The molecule has 0 bridgehead atoms. The largest absolute Gasteiger partial charge is 0.366 e. The molecule has 2 aromatic carbocycles. The van der Waals surface area contributed by atoms with Crippen LogP contribution in [0.4, 0.5) is 8.78 Å². The topological polar surface area (TPSA) is 80.5 Å². The predicted molar refractivity (Wildman–Crippen MR) is 102 cm³/mol. The summed E-state index contributed by atoms with van der Waals surface area (Å²) in [4.78, 5) is 19.0. The molecule has 0 radical (unpaired) electrons. The van der Waals surface area contributed by atoms with E-state index in [1.165, 1.54) is 6.07 Å². The molecule has 2 atom stereocenters. The van der Waals surface area contributed by atoms with Crippen molar-refractivity contribution in [2.24, 2.45) is 0 Å². The summed E-state index contributed by atoms with van der Waals surface area (Å²) >= 11 is 0. The molecule has 30 heavy (non-hydrogen) atoms. The average Bonchev–Trinajstić information content (AvgIpc) is 3.29. The molecular formula is C21H20F2N4O3. The molecule has 7 nitrogen and oxygen atoms in total. The number of nitrogens with zero attached hydrogens (tertiary/aromatic N) is 3. The van der Waals surface area contributed by atoms with Crippen molar-refractivity contribution in [3.63, 3.8) is 0 Å². The zero-order valence-corrected chi connectivity index (χ0v) is 16.0. The fourth-order valence-electron chi connectivity index (χ4n) is 3.38. The summed E-state index contributed by atoms with van der Waals surface area (Å²) < 4.78 is 37.5. The Morgan fingerprint density at radius 3 is 2.77 bits per heavy atom. The number of nitrogens with one attached hydrogen (secondary N) is 1. The van der Waals surface area contributed by atoms with E-state index in [0.717, 1.165) is 24.1 Å². The molecule has 1 amide bonds. The van der Waals surface area contributed by atoms with E-state index in [2.05, 4.69) is 20.4 Å². The first kappa shape index (κ1) is 20.1. The van der Waals surface area contributed by atoms with Gasteiger partial charge in [-0.1, -0.05) is 41.6 Å². The third-order valence-electron chi connectivity index (χ3n) is 4.89. The van der Waals surface area contributed by atoms with Crippen molar-refractivity contribution in [1.82, 2.24) is 20.4 Å². The van der Waals surface area contributed by atoms with Crippen LogP contribution in [-0.2, 0) is 16.1 Å². The van der Waals surface area contributed by atoms with Gasteiger partial charge >= 0.3 is 0 Å². The molecule has 0 spiro atoms. The van der Waals surface area contributed by atoms with E-state index in [4.69, 9.17) is 9.26 Å². The molecule has 1 fully saturated rings. The highest BCUT2D eigenvalue weighted by Gasteiger charge is 2.30. The molecule has 0 saturated carbocycles. The molecule has 2 unspecified atom stereocenters. The minimum Gasteiger partial charge on any atom is -0.366 e. The molecule has 1 aliphatic heterocycles. The maximum atomic E-state index is 13.7. The number of amides is 1. The van der Waals surface area contributed by atoms with E-state index >= 15 is 0 Å². The number of benzene rings is 2. The molecular weight excluding hydrogens is 394 g/mol. The quantitative estimate of drug-likeness (QED) is 0.668. The lowest BCUT2D eigenvalue weighted by Gasteiger charge is -2.32. The van der Waals surface area contributed by atoms with Gasteiger partial charge in [0.2, 0.25) is 6.39 Å². The van der Waals surface area contributed by atoms with E-state index < -0.39 is 29.7 Å². The first-order valence-corrected chi connectivity index (χ1v) is 9.49. The van der Waals surface area contributed by atoms with E-state index in [1.807, 2.05) is 30.3 Å². The van der Waals surface area contributed by atoms with Gasteiger partial charge in [0, 0.05) is 19.6 Å². The van der Waals surface area contributed by atoms with Crippen LogP contribution in [0.1, 0.15) is 23.0 Å². The number of hydrogen-bond donors (Lipinski definition) is 1. The molecule has 3 aromatic rings. The number of carbonyl (C=O) groups excluding carboxylic acids is 1. The number of halogens is 2. The second-order valence-corrected chi connectivity index (χ2v) is 6.98. The molecule has 4 rings (SSSR count). The highest BCUT2D eigenvalue weighted by atomic mass is 19.2. The second-order valence-electron chi connectivity index (χ2n) is 6.98. The summed E-state index contributed by atoms with van der Waals surface area (Å²) in [6.07, 6.45) is 0.384. The van der Waals surface area contributed by atoms with Crippen molar-refractivity contribution in [2.45, 2.75) is 18.7 Å². The van der Waals surface area contributed by atoms with Crippen LogP contribution in [-0.4, -0.2) is 46.7 Å². The van der Waals surface area contributed by atoms with Gasteiger partial charge in [-0.05, 0) is 23.3 Å². The molecule has 9 heteroatoms. The van der Waals surface area contributed by atoms with E-state index in [1.54, 1.807) is 0 Å². The SMILES string of the molecule is O=C(NC(c1ccc(F)c(F)c1)c1ncon1)C1CN(Cc2ccccc2)CCO1. The van der Waals surface area contributed by atoms with E-state index in [9.17, 15) is 13.6 Å². The lowest BCUT2D eigenvalue weighted by Crippen LogP contribution is -2.50. The van der Waals surface area contributed by atoms with Crippen LogP contribution in [0.25, 0.3) is 0 Å². The van der Waals surface area contributed by atoms with Gasteiger partial charge in [0.05, 0.1) is 6.61 Å². The summed E-state index contributed by atoms with van der Waals surface area (Å²) in [6.45, 7) is 2.21. The number of ether oxygens (including phenoxy) is 1. The zero-order valence-electron chi connectivity index (χ0n) is 16.0. The maximum absolute atomic E-state index is 13.7. The summed E-state index contributed by atoms with van der Waals surface area (Å²) in [5.41, 5.74) is 1.44. The highest BCUT2D eigenvalue weighted by Crippen LogP contribution is 2.22. The van der Waals surface area contributed by atoms with Gasteiger partial charge in [-0.15, -0.1) is 0 Å². The van der Waals surface area contributed by atoms with Gasteiger partial charge < -0.3 is 14.6 Å². The van der Waals surface area contributed by atoms with E-state index in [0.29, 0.717) is 31.8 Å². The number of hydrogen-bond acceptors (Lipinski definition) is 6. The summed E-state index contributed by atoms with van der Waals surface area (Å²) in [5.74, 6) is -2.28. The van der Waals surface area contributed by atoms with Crippen LogP contribution in [0.3, 0.4) is 0 Å². The Bertz CT molecular complexity index is 985. The lowest BCUT2D eigenvalue weighted by molar-refractivity contribution is -0.139. The number of rotatable bonds is 6. The van der Waals surface area contributed by atoms with Gasteiger partial charge in [0.1, 0.15) is 12.1 Å². The number of morpholine rings is 1.